The van der Waals surface area contributed by atoms with Crippen LogP contribution in [0.3, 0.4) is 0 Å². The van der Waals surface area contributed by atoms with Gasteiger partial charge in [-0.1, -0.05) is 0 Å². The number of nitrogens with zero attached hydrogens (tertiary/aromatic N) is 1. The monoisotopic (exact) mass is 306 g/mol. The Hall–Kier alpha value is -0.680. The second kappa shape index (κ2) is 6.39. The third-order valence-corrected chi connectivity index (χ3v) is 6.25. The van der Waals surface area contributed by atoms with Crippen molar-refractivity contribution in [1.82, 2.24) is 10.2 Å². The van der Waals surface area contributed by atoms with Gasteiger partial charge in [-0.2, -0.15) is 0 Å². The van der Waals surface area contributed by atoms with Crippen LogP contribution >= 0.6 is 22.7 Å². The first-order chi connectivity index (χ1) is 9.75. The van der Waals surface area contributed by atoms with Crippen molar-refractivity contribution in [3.05, 3.63) is 43.8 Å². The van der Waals surface area contributed by atoms with Crippen LogP contribution in [0.1, 0.15) is 33.8 Å². The first-order valence-electron chi connectivity index (χ1n) is 7.29. The Morgan fingerprint density at radius 2 is 2.15 bits per heavy atom. The van der Waals surface area contributed by atoms with E-state index in [1.807, 2.05) is 22.7 Å². The molecule has 0 saturated heterocycles. The molecule has 1 aliphatic rings. The lowest BCUT2D eigenvalue weighted by Gasteiger charge is -2.33. The lowest BCUT2D eigenvalue weighted by atomic mass is 10.0. The fourth-order valence-corrected chi connectivity index (χ4v) is 4.72. The molecule has 2 nitrogen and oxygen atoms in total. The molecular formula is C16H22N2S2. The Labute approximate surface area is 129 Å². The van der Waals surface area contributed by atoms with Gasteiger partial charge in [0.1, 0.15) is 0 Å². The summed E-state index contributed by atoms with van der Waals surface area (Å²) in [6, 6.07) is 5.08. The third kappa shape index (κ3) is 2.98. The Bertz CT molecular complexity index is 558. The number of rotatable bonds is 5. The number of hydrogen-bond acceptors (Lipinski definition) is 4. The van der Waals surface area contributed by atoms with Crippen LogP contribution in [0.5, 0.6) is 0 Å². The van der Waals surface area contributed by atoms with Crippen LogP contribution in [0.25, 0.3) is 0 Å². The highest BCUT2D eigenvalue weighted by Crippen LogP contribution is 2.32. The van der Waals surface area contributed by atoms with E-state index in [2.05, 4.69) is 47.0 Å². The number of nitrogens with one attached hydrogen (secondary N) is 1. The molecule has 3 rings (SSSR count). The summed E-state index contributed by atoms with van der Waals surface area (Å²) in [7, 11) is 0. The van der Waals surface area contributed by atoms with Gasteiger partial charge in [0.15, 0.2) is 0 Å². The zero-order valence-electron chi connectivity index (χ0n) is 12.2. The second-order valence-corrected chi connectivity index (χ2v) is 7.47. The highest BCUT2D eigenvalue weighted by molar-refractivity contribution is 7.10. The molecule has 1 unspecified atom stereocenters. The molecule has 0 aromatic carbocycles. The van der Waals surface area contributed by atoms with E-state index in [-0.39, 0.29) is 0 Å². The van der Waals surface area contributed by atoms with Crippen LogP contribution in [-0.2, 0) is 13.0 Å². The fourth-order valence-electron chi connectivity index (χ4n) is 2.88. The minimum Gasteiger partial charge on any atom is -0.311 e. The molecule has 2 aromatic rings. The SMILES string of the molecule is Cc1ccsc1CNCCN1CCc2sccc2C1C. The zero-order valence-corrected chi connectivity index (χ0v) is 13.8. The molecule has 1 aliphatic heterocycles. The molecule has 0 bridgehead atoms. The van der Waals surface area contributed by atoms with Crippen molar-refractivity contribution in [1.29, 1.82) is 0 Å². The minimum absolute atomic E-state index is 0.579. The van der Waals surface area contributed by atoms with E-state index in [0.29, 0.717) is 6.04 Å². The van der Waals surface area contributed by atoms with Crippen LogP contribution in [0.15, 0.2) is 22.9 Å². The summed E-state index contributed by atoms with van der Waals surface area (Å²) < 4.78 is 0. The predicted molar refractivity (Wildman–Crippen MR) is 88.8 cm³/mol. The Kier molecular flexibility index (Phi) is 4.56. The topological polar surface area (TPSA) is 15.3 Å². The van der Waals surface area contributed by atoms with Crippen molar-refractivity contribution < 1.29 is 0 Å². The number of hydrogen-bond donors (Lipinski definition) is 1. The maximum Gasteiger partial charge on any atom is 0.0331 e. The average molecular weight is 306 g/mol. The molecule has 1 N–H and O–H groups in total. The molecule has 4 heteroatoms. The molecule has 108 valence electrons. The maximum absolute atomic E-state index is 3.59. The molecule has 0 aliphatic carbocycles. The van der Waals surface area contributed by atoms with Gasteiger partial charge in [0.2, 0.25) is 0 Å². The molecule has 0 fully saturated rings. The van der Waals surface area contributed by atoms with Gasteiger partial charge < -0.3 is 5.32 Å². The summed E-state index contributed by atoms with van der Waals surface area (Å²) in [4.78, 5) is 5.66. The highest BCUT2D eigenvalue weighted by Gasteiger charge is 2.23. The average Bonchev–Trinajstić information content (AvgIpc) is 3.06. The highest BCUT2D eigenvalue weighted by atomic mass is 32.1. The Balaban J connectivity index is 1.47. The van der Waals surface area contributed by atoms with E-state index in [4.69, 9.17) is 0 Å². The molecule has 0 saturated carbocycles. The van der Waals surface area contributed by atoms with Gasteiger partial charge in [-0.15, -0.1) is 22.7 Å². The molecule has 3 heterocycles. The summed E-state index contributed by atoms with van der Waals surface area (Å²) in [6.45, 7) is 8.96. The standard InChI is InChI=1S/C16H22N2S2/c1-12-4-9-20-16(12)11-17-6-8-18-7-3-15-14(13(18)2)5-10-19-15/h4-5,9-10,13,17H,3,6-8,11H2,1-2H3. The predicted octanol–water partition coefficient (Wildman–Crippen LogP) is 3.83. The normalized spacial score (nSPS) is 19.2. The van der Waals surface area contributed by atoms with E-state index in [9.17, 15) is 0 Å². The van der Waals surface area contributed by atoms with Gasteiger partial charge in [-0.25, -0.2) is 0 Å². The van der Waals surface area contributed by atoms with Crippen molar-refractivity contribution in [2.24, 2.45) is 0 Å². The maximum atomic E-state index is 3.59. The first-order valence-corrected chi connectivity index (χ1v) is 9.05. The number of fused-ring (bicyclic) bond motifs is 1. The van der Waals surface area contributed by atoms with Gasteiger partial charge in [-0.3, -0.25) is 4.90 Å². The molecule has 0 spiro atoms. The van der Waals surface area contributed by atoms with Crippen molar-refractivity contribution in [2.75, 3.05) is 19.6 Å². The van der Waals surface area contributed by atoms with Gasteiger partial charge in [0.05, 0.1) is 0 Å². The summed E-state index contributed by atoms with van der Waals surface area (Å²) in [6.07, 6.45) is 1.22. The first kappa shape index (κ1) is 14.3. The third-order valence-electron chi connectivity index (χ3n) is 4.23. The van der Waals surface area contributed by atoms with E-state index < -0.39 is 0 Å². The Morgan fingerprint density at radius 1 is 1.30 bits per heavy atom. The molecule has 1 atom stereocenters. The summed E-state index contributed by atoms with van der Waals surface area (Å²) in [5.41, 5.74) is 2.96. The molecule has 2 aromatic heterocycles. The molecule has 20 heavy (non-hydrogen) atoms. The summed E-state index contributed by atoms with van der Waals surface area (Å²) >= 11 is 3.77. The molecule has 0 amide bonds. The van der Waals surface area contributed by atoms with Crippen LogP contribution in [0.4, 0.5) is 0 Å². The largest absolute Gasteiger partial charge is 0.311 e. The summed E-state index contributed by atoms with van der Waals surface area (Å²) in [5.74, 6) is 0. The molecule has 0 radical (unpaired) electrons. The fraction of sp³-hybridized carbons (Fsp3) is 0.500. The van der Waals surface area contributed by atoms with E-state index in [1.165, 1.54) is 23.4 Å². The minimum atomic E-state index is 0.579. The molecular weight excluding hydrogens is 284 g/mol. The smallest absolute Gasteiger partial charge is 0.0331 e. The summed E-state index contributed by atoms with van der Waals surface area (Å²) in [5, 5.41) is 8.00. The van der Waals surface area contributed by atoms with Crippen molar-refractivity contribution >= 4 is 22.7 Å². The Morgan fingerprint density at radius 3 is 2.95 bits per heavy atom. The van der Waals surface area contributed by atoms with Crippen molar-refractivity contribution in [3.8, 4) is 0 Å². The number of aryl methyl sites for hydroxylation is 1. The van der Waals surface area contributed by atoms with Crippen LogP contribution < -0.4 is 5.32 Å². The van der Waals surface area contributed by atoms with Crippen molar-refractivity contribution in [3.63, 3.8) is 0 Å². The zero-order chi connectivity index (χ0) is 13.9. The quantitative estimate of drug-likeness (QED) is 0.845. The van der Waals surface area contributed by atoms with Crippen molar-refractivity contribution in [2.45, 2.75) is 32.9 Å². The van der Waals surface area contributed by atoms with E-state index in [1.54, 1.807) is 10.4 Å². The van der Waals surface area contributed by atoms with E-state index in [0.717, 1.165) is 19.6 Å². The van der Waals surface area contributed by atoms with Crippen LogP contribution in [0.2, 0.25) is 0 Å². The lowest BCUT2D eigenvalue weighted by Crippen LogP contribution is -2.38. The van der Waals surface area contributed by atoms with Gasteiger partial charge in [-0.05, 0) is 54.3 Å². The van der Waals surface area contributed by atoms with Crippen LogP contribution in [-0.4, -0.2) is 24.5 Å². The second-order valence-electron chi connectivity index (χ2n) is 5.46. The van der Waals surface area contributed by atoms with Crippen LogP contribution in [0, 0.1) is 6.92 Å². The van der Waals surface area contributed by atoms with Gasteiger partial charge in [0.25, 0.3) is 0 Å². The number of thiophene rings is 2. The van der Waals surface area contributed by atoms with Gasteiger partial charge in [0, 0.05) is 42.0 Å². The van der Waals surface area contributed by atoms with E-state index >= 15 is 0 Å². The lowest BCUT2D eigenvalue weighted by molar-refractivity contribution is 0.201. The van der Waals surface area contributed by atoms with Gasteiger partial charge >= 0.3 is 0 Å².